The summed E-state index contributed by atoms with van der Waals surface area (Å²) in [5, 5.41) is 18.2. The van der Waals surface area contributed by atoms with E-state index in [1.54, 1.807) is 13.0 Å². The molecule has 27 heavy (non-hydrogen) atoms. The normalized spacial score (nSPS) is 11.3. The van der Waals surface area contributed by atoms with Crippen molar-refractivity contribution in [1.82, 2.24) is 15.1 Å². The SMILES string of the molecule is CCC(CC)(CN)NC(=O)c1nn(-c2ccccc2[N+](=O)[O-])c(C)cc1=O. The molecule has 3 N–H and O–H groups in total. The second kappa shape index (κ2) is 8.09. The van der Waals surface area contributed by atoms with Gasteiger partial charge >= 0.3 is 0 Å². The Kier molecular flexibility index (Phi) is 6.06. The number of carbonyl (C=O) groups is 1. The molecule has 9 heteroatoms. The maximum absolute atomic E-state index is 12.7. The van der Waals surface area contributed by atoms with E-state index in [-0.39, 0.29) is 23.6 Å². The van der Waals surface area contributed by atoms with Gasteiger partial charge in [0.05, 0.1) is 10.5 Å². The molecule has 0 fully saturated rings. The molecule has 0 bridgehead atoms. The number of para-hydroxylation sites is 2. The number of amides is 1. The lowest BCUT2D eigenvalue weighted by molar-refractivity contribution is -0.384. The highest BCUT2D eigenvalue weighted by Crippen LogP contribution is 2.22. The van der Waals surface area contributed by atoms with Crippen LogP contribution in [0.25, 0.3) is 5.69 Å². The summed E-state index contributed by atoms with van der Waals surface area (Å²) in [7, 11) is 0. The third-order valence-corrected chi connectivity index (χ3v) is 4.75. The standard InChI is InChI=1S/C18H23N5O4/c1-4-18(5-2,11-19)20-17(25)16-15(24)10-12(3)22(21-16)13-8-6-7-9-14(13)23(26)27/h6-10H,4-5,11,19H2,1-3H3,(H,20,25). The highest BCUT2D eigenvalue weighted by atomic mass is 16.6. The molecule has 1 aromatic heterocycles. The summed E-state index contributed by atoms with van der Waals surface area (Å²) >= 11 is 0. The number of nitro groups is 1. The first-order valence-corrected chi connectivity index (χ1v) is 8.66. The van der Waals surface area contributed by atoms with E-state index in [1.807, 2.05) is 13.8 Å². The number of nitrogens with zero attached hydrogens (tertiary/aromatic N) is 3. The van der Waals surface area contributed by atoms with Crippen molar-refractivity contribution < 1.29 is 9.72 Å². The van der Waals surface area contributed by atoms with E-state index < -0.39 is 21.8 Å². The van der Waals surface area contributed by atoms with Crippen LogP contribution in [0.4, 0.5) is 5.69 Å². The number of rotatable bonds is 7. The van der Waals surface area contributed by atoms with E-state index in [4.69, 9.17) is 5.73 Å². The molecule has 144 valence electrons. The van der Waals surface area contributed by atoms with Gasteiger partial charge in [0.15, 0.2) is 5.69 Å². The monoisotopic (exact) mass is 373 g/mol. The summed E-state index contributed by atoms with van der Waals surface area (Å²) in [4.78, 5) is 35.8. The van der Waals surface area contributed by atoms with Gasteiger partial charge in [0.1, 0.15) is 5.69 Å². The number of nitro benzene ring substituents is 1. The van der Waals surface area contributed by atoms with Gasteiger partial charge in [-0.2, -0.15) is 5.10 Å². The van der Waals surface area contributed by atoms with Crippen molar-refractivity contribution in [3.05, 3.63) is 62.1 Å². The third-order valence-electron chi connectivity index (χ3n) is 4.75. The Balaban J connectivity index is 2.56. The fraction of sp³-hybridized carbons (Fsp3) is 0.389. The van der Waals surface area contributed by atoms with Gasteiger partial charge in [-0.25, -0.2) is 4.68 Å². The number of nitrogens with one attached hydrogen (secondary N) is 1. The summed E-state index contributed by atoms with van der Waals surface area (Å²) < 4.78 is 1.23. The lowest BCUT2D eigenvalue weighted by atomic mass is 9.93. The zero-order chi connectivity index (χ0) is 20.2. The summed E-state index contributed by atoms with van der Waals surface area (Å²) in [5.41, 5.74) is 4.64. The van der Waals surface area contributed by atoms with E-state index in [2.05, 4.69) is 10.4 Å². The smallest absolute Gasteiger partial charge is 0.294 e. The number of nitrogens with two attached hydrogens (primary N) is 1. The maximum Gasteiger partial charge on any atom is 0.294 e. The van der Waals surface area contributed by atoms with Gasteiger partial charge in [-0.1, -0.05) is 26.0 Å². The first kappa shape index (κ1) is 20.2. The predicted molar refractivity (Wildman–Crippen MR) is 101 cm³/mol. The van der Waals surface area contributed by atoms with Crippen LogP contribution in [-0.4, -0.2) is 32.7 Å². The van der Waals surface area contributed by atoms with Crippen LogP contribution in [0.1, 0.15) is 42.9 Å². The summed E-state index contributed by atoms with van der Waals surface area (Å²) in [5.74, 6) is -0.651. The van der Waals surface area contributed by atoms with Gasteiger partial charge < -0.3 is 11.1 Å². The summed E-state index contributed by atoms with van der Waals surface area (Å²) in [6.45, 7) is 5.60. The molecule has 2 rings (SSSR count). The van der Waals surface area contributed by atoms with Gasteiger partial charge in [-0.05, 0) is 25.8 Å². The van der Waals surface area contributed by atoms with Crippen molar-refractivity contribution >= 4 is 11.6 Å². The summed E-state index contributed by atoms with van der Waals surface area (Å²) in [6.07, 6.45) is 1.19. The van der Waals surface area contributed by atoms with Crippen molar-refractivity contribution in [3.8, 4) is 5.69 Å². The first-order chi connectivity index (χ1) is 12.8. The average molecular weight is 373 g/mol. The molecule has 0 aliphatic carbocycles. The molecule has 0 aliphatic rings. The van der Waals surface area contributed by atoms with Gasteiger partial charge in [0.2, 0.25) is 5.43 Å². The van der Waals surface area contributed by atoms with Gasteiger partial charge in [0.25, 0.3) is 11.6 Å². The van der Waals surface area contributed by atoms with E-state index >= 15 is 0 Å². The average Bonchev–Trinajstić information content (AvgIpc) is 2.66. The van der Waals surface area contributed by atoms with Crippen LogP contribution in [0.5, 0.6) is 0 Å². The molecule has 0 radical (unpaired) electrons. The van der Waals surface area contributed by atoms with Crippen LogP contribution in [0.15, 0.2) is 35.1 Å². The van der Waals surface area contributed by atoms with E-state index in [1.165, 1.54) is 28.9 Å². The topological polar surface area (TPSA) is 133 Å². The fourth-order valence-electron chi connectivity index (χ4n) is 2.81. The number of hydrogen-bond acceptors (Lipinski definition) is 6. The van der Waals surface area contributed by atoms with Crippen molar-refractivity contribution in [2.75, 3.05) is 6.54 Å². The Labute approximate surface area is 156 Å². The van der Waals surface area contributed by atoms with E-state index in [0.29, 0.717) is 18.5 Å². The lowest BCUT2D eigenvalue weighted by Gasteiger charge is -2.31. The Morgan fingerprint density at radius 3 is 2.52 bits per heavy atom. The molecule has 1 aromatic carbocycles. The van der Waals surface area contributed by atoms with Crippen molar-refractivity contribution in [2.45, 2.75) is 39.2 Å². The zero-order valence-corrected chi connectivity index (χ0v) is 15.6. The Bertz CT molecular complexity index is 910. The Hall–Kier alpha value is -3.07. The molecule has 0 aliphatic heterocycles. The zero-order valence-electron chi connectivity index (χ0n) is 15.6. The number of aromatic nitrogens is 2. The molecule has 0 saturated heterocycles. The van der Waals surface area contributed by atoms with Gasteiger partial charge in [-0.15, -0.1) is 0 Å². The third kappa shape index (κ3) is 4.03. The van der Waals surface area contributed by atoms with Crippen LogP contribution in [0, 0.1) is 17.0 Å². The quantitative estimate of drug-likeness (QED) is 0.560. The van der Waals surface area contributed by atoms with Crippen molar-refractivity contribution in [1.29, 1.82) is 0 Å². The highest BCUT2D eigenvalue weighted by Gasteiger charge is 2.29. The molecular formula is C18H23N5O4. The molecule has 0 atom stereocenters. The van der Waals surface area contributed by atoms with Crippen LogP contribution in [0.3, 0.4) is 0 Å². The maximum atomic E-state index is 12.7. The molecule has 9 nitrogen and oxygen atoms in total. The van der Waals surface area contributed by atoms with Crippen LogP contribution in [0.2, 0.25) is 0 Å². The molecule has 0 saturated carbocycles. The van der Waals surface area contributed by atoms with Crippen molar-refractivity contribution in [2.24, 2.45) is 5.73 Å². The molecule has 0 spiro atoms. The molecule has 0 unspecified atom stereocenters. The first-order valence-electron chi connectivity index (χ1n) is 8.66. The summed E-state index contributed by atoms with van der Waals surface area (Å²) in [6, 6.07) is 7.23. The Morgan fingerprint density at radius 2 is 1.96 bits per heavy atom. The lowest BCUT2D eigenvalue weighted by Crippen LogP contribution is -2.53. The number of benzene rings is 1. The Morgan fingerprint density at radius 1 is 1.33 bits per heavy atom. The van der Waals surface area contributed by atoms with Crippen LogP contribution >= 0.6 is 0 Å². The fourth-order valence-corrected chi connectivity index (χ4v) is 2.81. The number of hydrogen-bond donors (Lipinski definition) is 2. The predicted octanol–water partition coefficient (Wildman–Crippen LogP) is 1.70. The second-order valence-corrected chi connectivity index (χ2v) is 6.30. The minimum absolute atomic E-state index is 0.171. The molecule has 1 amide bonds. The minimum Gasteiger partial charge on any atom is -0.344 e. The second-order valence-electron chi connectivity index (χ2n) is 6.30. The van der Waals surface area contributed by atoms with E-state index in [9.17, 15) is 19.7 Å². The minimum atomic E-state index is -0.651. The van der Waals surface area contributed by atoms with Crippen LogP contribution < -0.4 is 16.5 Å². The van der Waals surface area contributed by atoms with Crippen molar-refractivity contribution in [3.63, 3.8) is 0 Å². The van der Waals surface area contributed by atoms with Crippen LogP contribution in [-0.2, 0) is 0 Å². The number of aryl methyl sites for hydroxylation is 1. The molecule has 2 aromatic rings. The van der Waals surface area contributed by atoms with Gasteiger partial charge in [0, 0.05) is 24.4 Å². The van der Waals surface area contributed by atoms with Gasteiger partial charge in [-0.3, -0.25) is 19.7 Å². The largest absolute Gasteiger partial charge is 0.344 e. The molecule has 1 heterocycles. The molecular weight excluding hydrogens is 350 g/mol. The number of carbonyl (C=O) groups excluding carboxylic acids is 1. The highest BCUT2D eigenvalue weighted by molar-refractivity contribution is 5.92. The van der Waals surface area contributed by atoms with E-state index in [0.717, 1.165) is 0 Å².